The van der Waals surface area contributed by atoms with Gasteiger partial charge in [-0.15, -0.1) is 0 Å². The molecule has 5 nitrogen and oxygen atoms in total. The molecule has 0 aromatic rings. The highest BCUT2D eigenvalue weighted by Crippen LogP contribution is 2.09. The molecule has 0 unspecified atom stereocenters. The molecule has 0 atom stereocenters. The fourth-order valence-electron chi connectivity index (χ4n) is 0.969. The lowest BCUT2D eigenvalue weighted by molar-refractivity contribution is -0.112. The summed E-state index contributed by atoms with van der Waals surface area (Å²) in [6, 6.07) is 0. The molecule has 1 rings (SSSR count). The van der Waals surface area contributed by atoms with Crippen LogP contribution in [0.5, 0.6) is 0 Å². The fourth-order valence-corrected chi connectivity index (χ4v) is 0.969. The molecule has 0 aromatic carbocycles. The minimum absolute atomic E-state index is 0.0654. The number of nitrogens with zero attached hydrogens (tertiary/aromatic N) is 2. The van der Waals surface area contributed by atoms with Crippen LogP contribution in [-0.4, -0.2) is 27.6 Å². The van der Waals surface area contributed by atoms with Crippen molar-refractivity contribution in [2.24, 2.45) is 10.3 Å². The Morgan fingerprint density at radius 3 is 2.36 bits per heavy atom. The van der Waals surface area contributed by atoms with Crippen molar-refractivity contribution in [3.63, 3.8) is 0 Å². The first-order chi connectivity index (χ1) is 5.27. The molecule has 1 saturated carbocycles. The standard InChI is InChI=1S/C6H8N2O3/c9-6-3-4(7-10)1-2-5(6)8-11/h10-11H,1-3H2/b7-4-,8-5+. The second-order valence-electron chi connectivity index (χ2n) is 2.31. The van der Waals surface area contributed by atoms with E-state index >= 15 is 0 Å². The number of Topliss-reactive ketones (excluding diaryl/α,β-unsaturated/α-hetero) is 1. The minimum Gasteiger partial charge on any atom is -0.411 e. The topological polar surface area (TPSA) is 82.2 Å². The Kier molecular flexibility index (Phi) is 2.20. The number of rotatable bonds is 0. The lowest BCUT2D eigenvalue weighted by Crippen LogP contribution is -2.24. The second kappa shape index (κ2) is 3.14. The monoisotopic (exact) mass is 156 g/mol. The van der Waals surface area contributed by atoms with Crippen LogP contribution in [-0.2, 0) is 4.79 Å². The van der Waals surface area contributed by atoms with E-state index in [0.29, 0.717) is 18.6 Å². The maximum atomic E-state index is 10.9. The van der Waals surface area contributed by atoms with Gasteiger partial charge >= 0.3 is 0 Å². The maximum absolute atomic E-state index is 10.9. The molecule has 0 radical (unpaired) electrons. The maximum Gasteiger partial charge on any atom is 0.186 e. The Labute approximate surface area is 63.0 Å². The first kappa shape index (κ1) is 7.71. The van der Waals surface area contributed by atoms with Crippen LogP contribution >= 0.6 is 0 Å². The molecule has 0 spiro atoms. The molecule has 1 fully saturated rings. The van der Waals surface area contributed by atoms with Crippen molar-refractivity contribution in [1.82, 2.24) is 0 Å². The molecule has 0 amide bonds. The van der Waals surface area contributed by atoms with Crippen molar-refractivity contribution in [2.45, 2.75) is 19.3 Å². The van der Waals surface area contributed by atoms with E-state index < -0.39 is 0 Å². The van der Waals surface area contributed by atoms with Gasteiger partial charge in [-0.2, -0.15) is 0 Å². The normalized spacial score (nSPS) is 26.4. The van der Waals surface area contributed by atoms with Crippen LogP contribution in [0.1, 0.15) is 19.3 Å². The lowest BCUT2D eigenvalue weighted by atomic mass is 9.95. The Hall–Kier alpha value is -1.39. The van der Waals surface area contributed by atoms with Crippen molar-refractivity contribution in [3.8, 4) is 0 Å². The molecule has 0 bridgehead atoms. The van der Waals surface area contributed by atoms with Gasteiger partial charge in [0.25, 0.3) is 0 Å². The summed E-state index contributed by atoms with van der Waals surface area (Å²) in [4.78, 5) is 10.9. The summed E-state index contributed by atoms with van der Waals surface area (Å²) in [5.41, 5.74) is 0.611. The van der Waals surface area contributed by atoms with Gasteiger partial charge < -0.3 is 10.4 Å². The third-order valence-corrected chi connectivity index (χ3v) is 1.60. The third kappa shape index (κ3) is 1.54. The van der Waals surface area contributed by atoms with E-state index in [1.165, 1.54) is 0 Å². The van der Waals surface area contributed by atoms with Gasteiger partial charge in [0.05, 0.1) is 12.1 Å². The SMILES string of the molecule is O=C1C/C(=N\O)CC/C1=N\O. The average molecular weight is 156 g/mol. The highest BCUT2D eigenvalue weighted by atomic mass is 16.4. The van der Waals surface area contributed by atoms with Crippen LogP contribution in [0.15, 0.2) is 10.3 Å². The van der Waals surface area contributed by atoms with Crippen molar-refractivity contribution < 1.29 is 15.2 Å². The van der Waals surface area contributed by atoms with Gasteiger partial charge in [0.2, 0.25) is 0 Å². The lowest BCUT2D eigenvalue weighted by Gasteiger charge is -2.10. The van der Waals surface area contributed by atoms with Crippen molar-refractivity contribution in [1.29, 1.82) is 0 Å². The fraction of sp³-hybridized carbons (Fsp3) is 0.500. The van der Waals surface area contributed by atoms with E-state index in [9.17, 15) is 4.79 Å². The van der Waals surface area contributed by atoms with Crippen molar-refractivity contribution >= 4 is 17.2 Å². The first-order valence-corrected chi connectivity index (χ1v) is 3.22. The predicted octanol–water partition coefficient (Wildman–Crippen LogP) is 0.400. The van der Waals surface area contributed by atoms with E-state index in [-0.39, 0.29) is 17.9 Å². The second-order valence-corrected chi connectivity index (χ2v) is 2.31. The number of hydrogen-bond donors (Lipinski definition) is 2. The largest absolute Gasteiger partial charge is 0.411 e. The number of oxime groups is 2. The van der Waals surface area contributed by atoms with Gasteiger partial charge in [0.1, 0.15) is 5.71 Å². The predicted molar refractivity (Wildman–Crippen MR) is 37.3 cm³/mol. The molecule has 0 saturated heterocycles. The number of hydrogen-bond acceptors (Lipinski definition) is 5. The van der Waals surface area contributed by atoms with Gasteiger partial charge in [-0.05, 0) is 6.42 Å². The van der Waals surface area contributed by atoms with Gasteiger partial charge in [-0.1, -0.05) is 10.3 Å². The van der Waals surface area contributed by atoms with E-state index in [1.54, 1.807) is 0 Å². The van der Waals surface area contributed by atoms with Gasteiger partial charge in [0, 0.05) is 6.42 Å². The molecule has 0 aliphatic heterocycles. The molecular weight excluding hydrogens is 148 g/mol. The summed E-state index contributed by atoms with van der Waals surface area (Å²) in [6.07, 6.45) is 0.909. The minimum atomic E-state index is -0.272. The zero-order chi connectivity index (χ0) is 8.27. The zero-order valence-corrected chi connectivity index (χ0v) is 5.82. The van der Waals surface area contributed by atoms with Crippen LogP contribution in [0, 0.1) is 0 Å². The highest BCUT2D eigenvalue weighted by Gasteiger charge is 2.21. The van der Waals surface area contributed by atoms with Gasteiger partial charge in [0.15, 0.2) is 5.78 Å². The Morgan fingerprint density at radius 1 is 1.18 bits per heavy atom. The third-order valence-electron chi connectivity index (χ3n) is 1.60. The Morgan fingerprint density at radius 2 is 1.91 bits per heavy atom. The number of carbonyl (C=O) groups is 1. The van der Waals surface area contributed by atoms with E-state index in [4.69, 9.17) is 10.4 Å². The molecule has 1 aliphatic carbocycles. The van der Waals surface area contributed by atoms with E-state index in [0.717, 1.165) is 0 Å². The summed E-state index contributed by atoms with van der Waals surface area (Å²) in [5, 5.41) is 22.3. The first-order valence-electron chi connectivity index (χ1n) is 3.22. The summed E-state index contributed by atoms with van der Waals surface area (Å²) in [5.74, 6) is -0.272. The van der Waals surface area contributed by atoms with Crippen LogP contribution in [0.4, 0.5) is 0 Å². The van der Waals surface area contributed by atoms with Crippen LogP contribution in [0.2, 0.25) is 0 Å². The van der Waals surface area contributed by atoms with E-state index in [2.05, 4.69) is 10.3 Å². The average Bonchev–Trinajstić information content (AvgIpc) is 2.04. The summed E-state index contributed by atoms with van der Waals surface area (Å²) in [7, 11) is 0. The zero-order valence-electron chi connectivity index (χ0n) is 5.82. The number of ketones is 1. The molecule has 5 heteroatoms. The quantitative estimate of drug-likeness (QED) is 0.393. The van der Waals surface area contributed by atoms with Gasteiger partial charge in [-0.3, -0.25) is 4.79 Å². The molecule has 60 valence electrons. The summed E-state index contributed by atoms with van der Waals surface area (Å²) < 4.78 is 0. The summed E-state index contributed by atoms with van der Waals surface area (Å²) in [6.45, 7) is 0. The Balaban J connectivity index is 2.70. The van der Waals surface area contributed by atoms with E-state index in [1.807, 2.05) is 0 Å². The van der Waals surface area contributed by atoms with Crippen LogP contribution < -0.4 is 0 Å². The van der Waals surface area contributed by atoms with Crippen molar-refractivity contribution in [2.75, 3.05) is 0 Å². The van der Waals surface area contributed by atoms with Crippen molar-refractivity contribution in [3.05, 3.63) is 0 Å². The number of carbonyl (C=O) groups excluding carboxylic acids is 1. The molecular formula is C6H8N2O3. The molecule has 2 N–H and O–H groups in total. The Bertz CT molecular complexity index is 232. The highest BCUT2D eigenvalue weighted by molar-refractivity contribution is 6.44. The molecule has 1 aliphatic rings. The smallest absolute Gasteiger partial charge is 0.186 e. The molecule has 11 heavy (non-hydrogen) atoms. The van der Waals surface area contributed by atoms with Crippen LogP contribution in [0.3, 0.4) is 0 Å². The molecule has 0 heterocycles. The van der Waals surface area contributed by atoms with Gasteiger partial charge in [-0.25, -0.2) is 0 Å². The summed E-state index contributed by atoms with van der Waals surface area (Å²) >= 11 is 0. The van der Waals surface area contributed by atoms with Crippen LogP contribution in [0.25, 0.3) is 0 Å². The molecule has 0 aromatic heterocycles.